The Kier molecular flexibility index (Phi) is 4.47. The molecule has 1 aliphatic heterocycles. The van der Waals surface area contributed by atoms with E-state index >= 15 is 0 Å². The van der Waals surface area contributed by atoms with E-state index in [-0.39, 0.29) is 5.91 Å². The van der Waals surface area contributed by atoms with Crippen molar-refractivity contribution in [1.82, 2.24) is 9.97 Å². The summed E-state index contributed by atoms with van der Waals surface area (Å²) in [6.45, 7) is 2.95. The highest BCUT2D eigenvalue weighted by molar-refractivity contribution is 9.10. The van der Waals surface area contributed by atoms with Crippen molar-refractivity contribution in [2.75, 3.05) is 36.5 Å². The van der Waals surface area contributed by atoms with E-state index in [0.29, 0.717) is 29.7 Å². The quantitative estimate of drug-likeness (QED) is 0.900. The Morgan fingerprint density at radius 3 is 2.67 bits per heavy atom. The SMILES string of the molecule is O=C(Nc1cnc(N2CCOCC2)nc1)c1cc(Br)cs1. The number of amides is 1. The summed E-state index contributed by atoms with van der Waals surface area (Å²) in [5.74, 6) is 0.503. The van der Waals surface area contributed by atoms with E-state index in [9.17, 15) is 4.79 Å². The van der Waals surface area contributed by atoms with Gasteiger partial charge in [-0.1, -0.05) is 0 Å². The van der Waals surface area contributed by atoms with Crippen LogP contribution in [0.5, 0.6) is 0 Å². The predicted molar refractivity (Wildman–Crippen MR) is 85.0 cm³/mol. The second-order valence-corrected chi connectivity index (χ2v) is 6.28. The molecular formula is C13H13BrN4O2S. The molecule has 0 aromatic carbocycles. The number of hydrogen-bond acceptors (Lipinski definition) is 6. The molecule has 1 fully saturated rings. The maximum absolute atomic E-state index is 12.0. The van der Waals surface area contributed by atoms with Crippen LogP contribution in [0.25, 0.3) is 0 Å². The summed E-state index contributed by atoms with van der Waals surface area (Å²) in [5.41, 5.74) is 0.585. The summed E-state index contributed by atoms with van der Waals surface area (Å²) < 4.78 is 6.19. The van der Waals surface area contributed by atoms with Gasteiger partial charge in [0.2, 0.25) is 5.95 Å². The van der Waals surface area contributed by atoms with Crippen molar-refractivity contribution in [1.29, 1.82) is 0 Å². The van der Waals surface area contributed by atoms with E-state index in [0.717, 1.165) is 17.6 Å². The third-order valence-corrected chi connectivity index (χ3v) is 4.67. The molecule has 0 spiro atoms. The van der Waals surface area contributed by atoms with Gasteiger partial charge in [0, 0.05) is 22.9 Å². The number of nitrogens with zero attached hydrogens (tertiary/aromatic N) is 3. The zero-order valence-corrected chi connectivity index (χ0v) is 13.5. The first-order valence-corrected chi connectivity index (χ1v) is 8.10. The predicted octanol–water partition coefficient (Wildman–Crippen LogP) is 2.39. The summed E-state index contributed by atoms with van der Waals surface area (Å²) >= 11 is 4.71. The maximum atomic E-state index is 12.0. The number of hydrogen-bond donors (Lipinski definition) is 1. The van der Waals surface area contributed by atoms with Gasteiger partial charge in [0.25, 0.3) is 5.91 Å². The molecule has 3 heterocycles. The van der Waals surface area contributed by atoms with Gasteiger partial charge in [-0.25, -0.2) is 9.97 Å². The molecule has 3 rings (SSSR count). The van der Waals surface area contributed by atoms with Crippen molar-refractivity contribution in [3.8, 4) is 0 Å². The summed E-state index contributed by atoms with van der Waals surface area (Å²) in [7, 11) is 0. The Hall–Kier alpha value is -1.51. The average molecular weight is 369 g/mol. The third-order valence-electron chi connectivity index (χ3n) is 2.98. The molecule has 2 aromatic heterocycles. The largest absolute Gasteiger partial charge is 0.378 e. The fraction of sp³-hybridized carbons (Fsp3) is 0.308. The highest BCUT2D eigenvalue weighted by Crippen LogP contribution is 2.21. The van der Waals surface area contributed by atoms with Gasteiger partial charge in [0.05, 0.1) is 36.2 Å². The van der Waals surface area contributed by atoms with Gasteiger partial charge in [-0.2, -0.15) is 0 Å². The fourth-order valence-electron chi connectivity index (χ4n) is 1.94. The number of carbonyl (C=O) groups excluding carboxylic acids is 1. The van der Waals surface area contributed by atoms with Crippen LogP contribution < -0.4 is 10.2 Å². The van der Waals surface area contributed by atoms with E-state index in [2.05, 4.69) is 36.1 Å². The minimum absolute atomic E-state index is 0.159. The number of nitrogens with one attached hydrogen (secondary N) is 1. The van der Waals surface area contributed by atoms with Crippen molar-refractivity contribution < 1.29 is 9.53 Å². The average Bonchev–Trinajstić information content (AvgIpc) is 2.96. The van der Waals surface area contributed by atoms with Gasteiger partial charge >= 0.3 is 0 Å². The maximum Gasteiger partial charge on any atom is 0.265 e. The molecule has 110 valence electrons. The van der Waals surface area contributed by atoms with E-state index in [1.807, 2.05) is 5.38 Å². The number of morpholine rings is 1. The van der Waals surface area contributed by atoms with Gasteiger partial charge < -0.3 is 15.0 Å². The number of anilines is 2. The molecule has 0 atom stereocenters. The van der Waals surface area contributed by atoms with Crippen LogP contribution in [-0.4, -0.2) is 42.2 Å². The molecule has 1 aliphatic rings. The summed E-state index contributed by atoms with van der Waals surface area (Å²) in [6.07, 6.45) is 3.25. The van der Waals surface area contributed by atoms with Crippen LogP contribution in [0.2, 0.25) is 0 Å². The molecule has 2 aromatic rings. The first-order valence-electron chi connectivity index (χ1n) is 6.42. The number of rotatable bonds is 3. The second kappa shape index (κ2) is 6.50. The molecule has 1 N–H and O–H groups in total. The van der Waals surface area contributed by atoms with Gasteiger partial charge in [0.1, 0.15) is 0 Å². The Balaban J connectivity index is 1.65. The molecular weight excluding hydrogens is 356 g/mol. The highest BCUT2D eigenvalue weighted by atomic mass is 79.9. The zero-order valence-electron chi connectivity index (χ0n) is 11.1. The van der Waals surface area contributed by atoms with Gasteiger partial charge in [0.15, 0.2) is 0 Å². The first-order chi connectivity index (χ1) is 10.2. The van der Waals surface area contributed by atoms with Crippen LogP contribution in [0.4, 0.5) is 11.6 Å². The topological polar surface area (TPSA) is 67.4 Å². The molecule has 6 nitrogen and oxygen atoms in total. The Bertz CT molecular complexity index is 625. The van der Waals surface area contributed by atoms with Crippen molar-refractivity contribution in [2.24, 2.45) is 0 Å². The minimum Gasteiger partial charge on any atom is -0.378 e. The number of halogens is 1. The summed E-state index contributed by atoms with van der Waals surface area (Å²) in [4.78, 5) is 23.3. The molecule has 0 unspecified atom stereocenters. The molecule has 21 heavy (non-hydrogen) atoms. The van der Waals surface area contributed by atoms with E-state index in [4.69, 9.17) is 4.74 Å². The standard InChI is InChI=1S/C13H13BrN4O2S/c14-9-5-11(21-8-9)12(19)17-10-6-15-13(16-7-10)18-1-3-20-4-2-18/h5-8H,1-4H2,(H,17,19). The second-order valence-electron chi connectivity index (χ2n) is 4.45. The van der Waals surface area contributed by atoms with E-state index in [1.165, 1.54) is 11.3 Å². The summed E-state index contributed by atoms with van der Waals surface area (Å²) in [6, 6.07) is 1.78. The molecule has 1 amide bonds. The van der Waals surface area contributed by atoms with Crippen LogP contribution in [0, 0.1) is 0 Å². The van der Waals surface area contributed by atoms with Gasteiger partial charge in [-0.05, 0) is 22.0 Å². The monoisotopic (exact) mass is 368 g/mol. The van der Waals surface area contributed by atoms with Crippen molar-refractivity contribution in [3.63, 3.8) is 0 Å². The lowest BCUT2D eigenvalue weighted by Gasteiger charge is -2.26. The zero-order chi connectivity index (χ0) is 14.7. The number of aromatic nitrogens is 2. The van der Waals surface area contributed by atoms with Crippen LogP contribution in [-0.2, 0) is 4.74 Å². The molecule has 8 heteroatoms. The Labute approximate surface area is 134 Å². The van der Waals surface area contributed by atoms with Gasteiger partial charge in [-0.15, -0.1) is 11.3 Å². The molecule has 0 saturated carbocycles. The Morgan fingerprint density at radius 1 is 1.33 bits per heavy atom. The highest BCUT2D eigenvalue weighted by Gasteiger charge is 2.14. The van der Waals surface area contributed by atoms with E-state index in [1.54, 1.807) is 18.5 Å². The molecule has 1 saturated heterocycles. The van der Waals surface area contributed by atoms with Gasteiger partial charge in [-0.3, -0.25) is 4.79 Å². The number of ether oxygens (including phenoxy) is 1. The van der Waals surface area contributed by atoms with Crippen LogP contribution >= 0.6 is 27.3 Å². The Morgan fingerprint density at radius 2 is 2.05 bits per heavy atom. The number of carbonyl (C=O) groups is 1. The molecule has 0 bridgehead atoms. The number of thiophene rings is 1. The van der Waals surface area contributed by atoms with Crippen LogP contribution in [0.3, 0.4) is 0 Å². The minimum atomic E-state index is -0.159. The fourth-order valence-corrected chi connectivity index (χ4v) is 3.26. The van der Waals surface area contributed by atoms with Crippen LogP contribution in [0.15, 0.2) is 28.3 Å². The summed E-state index contributed by atoms with van der Waals surface area (Å²) in [5, 5.41) is 4.65. The lowest BCUT2D eigenvalue weighted by molar-refractivity contribution is 0.103. The lowest BCUT2D eigenvalue weighted by Crippen LogP contribution is -2.37. The van der Waals surface area contributed by atoms with Crippen molar-refractivity contribution in [2.45, 2.75) is 0 Å². The van der Waals surface area contributed by atoms with Crippen molar-refractivity contribution in [3.05, 3.63) is 33.2 Å². The third kappa shape index (κ3) is 3.58. The van der Waals surface area contributed by atoms with Crippen LogP contribution in [0.1, 0.15) is 9.67 Å². The lowest BCUT2D eigenvalue weighted by atomic mass is 10.4. The molecule has 0 radical (unpaired) electrons. The molecule has 0 aliphatic carbocycles. The van der Waals surface area contributed by atoms with E-state index < -0.39 is 0 Å². The first kappa shape index (κ1) is 14.4. The smallest absolute Gasteiger partial charge is 0.265 e. The van der Waals surface area contributed by atoms with Crippen molar-refractivity contribution >= 4 is 44.8 Å². The normalized spacial score (nSPS) is 15.0.